The van der Waals surface area contributed by atoms with E-state index in [1.54, 1.807) is 0 Å². The maximum atomic E-state index is 6.01. The molecule has 0 saturated carbocycles. The molecule has 124 valence electrons. The first-order chi connectivity index (χ1) is 11.3. The Bertz CT molecular complexity index is 585. The summed E-state index contributed by atoms with van der Waals surface area (Å²) >= 11 is 6.01. The number of halogens is 1. The standard InChI is InChI=1S/C20H26ClNO/c1-2-3-4-5-6-13-23-20-12-8-11-19(15-20)22-16-17-9-7-10-18(21)14-17/h7-12,14-15,22H,2-6,13,16H2,1H3. The third-order valence-corrected chi connectivity index (χ3v) is 3.97. The van der Waals surface area contributed by atoms with Gasteiger partial charge in [-0.15, -0.1) is 0 Å². The van der Waals surface area contributed by atoms with Gasteiger partial charge in [-0.3, -0.25) is 0 Å². The lowest BCUT2D eigenvalue weighted by Crippen LogP contribution is -2.01. The highest BCUT2D eigenvalue weighted by molar-refractivity contribution is 6.30. The molecule has 2 rings (SSSR count). The SMILES string of the molecule is CCCCCCCOc1cccc(NCc2cccc(Cl)c2)c1. The zero-order valence-electron chi connectivity index (χ0n) is 13.9. The Morgan fingerprint density at radius 1 is 0.957 bits per heavy atom. The molecule has 0 aliphatic carbocycles. The van der Waals surface area contributed by atoms with Gasteiger partial charge in [-0.25, -0.2) is 0 Å². The quantitative estimate of drug-likeness (QED) is 0.516. The molecule has 0 saturated heterocycles. The van der Waals surface area contributed by atoms with Crippen molar-refractivity contribution in [1.29, 1.82) is 0 Å². The highest BCUT2D eigenvalue weighted by atomic mass is 35.5. The molecular formula is C20H26ClNO. The zero-order chi connectivity index (χ0) is 16.3. The number of rotatable bonds is 10. The summed E-state index contributed by atoms with van der Waals surface area (Å²) in [5.74, 6) is 0.927. The molecule has 0 fully saturated rings. The van der Waals surface area contributed by atoms with Gasteiger partial charge >= 0.3 is 0 Å². The van der Waals surface area contributed by atoms with E-state index in [1.165, 1.54) is 31.2 Å². The van der Waals surface area contributed by atoms with Crippen LogP contribution in [0.1, 0.15) is 44.6 Å². The van der Waals surface area contributed by atoms with Gasteiger partial charge in [0.15, 0.2) is 0 Å². The molecule has 2 nitrogen and oxygen atoms in total. The molecule has 0 aliphatic heterocycles. The monoisotopic (exact) mass is 331 g/mol. The van der Waals surface area contributed by atoms with Crippen LogP contribution in [0.25, 0.3) is 0 Å². The van der Waals surface area contributed by atoms with Crippen molar-refractivity contribution in [2.75, 3.05) is 11.9 Å². The number of hydrogen-bond donors (Lipinski definition) is 1. The Balaban J connectivity index is 1.75. The fourth-order valence-electron chi connectivity index (χ4n) is 2.44. The molecule has 3 heteroatoms. The van der Waals surface area contributed by atoms with Gasteiger partial charge < -0.3 is 10.1 Å². The van der Waals surface area contributed by atoms with Crippen molar-refractivity contribution in [2.24, 2.45) is 0 Å². The summed E-state index contributed by atoms with van der Waals surface area (Å²) in [4.78, 5) is 0. The van der Waals surface area contributed by atoms with Gasteiger partial charge in [-0.1, -0.05) is 62.4 Å². The summed E-state index contributed by atoms with van der Waals surface area (Å²) in [6.07, 6.45) is 6.28. The normalized spacial score (nSPS) is 10.5. The van der Waals surface area contributed by atoms with Crippen molar-refractivity contribution in [2.45, 2.75) is 45.6 Å². The van der Waals surface area contributed by atoms with Crippen LogP contribution in [0, 0.1) is 0 Å². The maximum Gasteiger partial charge on any atom is 0.121 e. The highest BCUT2D eigenvalue weighted by Crippen LogP contribution is 2.19. The summed E-state index contributed by atoms with van der Waals surface area (Å²) in [6, 6.07) is 16.0. The van der Waals surface area contributed by atoms with Crippen LogP contribution in [0.15, 0.2) is 48.5 Å². The number of hydrogen-bond acceptors (Lipinski definition) is 2. The van der Waals surface area contributed by atoms with Crippen LogP contribution >= 0.6 is 11.6 Å². The van der Waals surface area contributed by atoms with Crippen molar-refractivity contribution >= 4 is 17.3 Å². The molecule has 0 bridgehead atoms. The molecule has 1 N–H and O–H groups in total. The van der Waals surface area contributed by atoms with Gasteiger partial charge in [0.05, 0.1) is 6.61 Å². The number of benzene rings is 2. The Morgan fingerprint density at radius 2 is 1.78 bits per heavy atom. The maximum absolute atomic E-state index is 6.01. The van der Waals surface area contributed by atoms with Crippen LogP contribution in [0.2, 0.25) is 5.02 Å². The minimum absolute atomic E-state index is 0.751. The second-order valence-corrected chi connectivity index (χ2v) is 6.21. The lowest BCUT2D eigenvalue weighted by molar-refractivity contribution is 0.304. The van der Waals surface area contributed by atoms with Crippen LogP contribution in [-0.2, 0) is 6.54 Å². The zero-order valence-corrected chi connectivity index (χ0v) is 14.6. The molecule has 0 aliphatic rings. The largest absolute Gasteiger partial charge is 0.494 e. The molecule has 2 aromatic carbocycles. The number of nitrogens with one attached hydrogen (secondary N) is 1. The summed E-state index contributed by atoms with van der Waals surface area (Å²) in [5.41, 5.74) is 2.23. The highest BCUT2D eigenvalue weighted by Gasteiger charge is 1.99. The van der Waals surface area contributed by atoms with Gasteiger partial charge in [-0.05, 0) is 36.2 Å². The van der Waals surface area contributed by atoms with E-state index in [4.69, 9.17) is 16.3 Å². The predicted molar refractivity (Wildman–Crippen MR) is 99.5 cm³/mol. The number of unbranched alkanes of at least 4 members (excludes halogenated alkanes) is 4. The van der Waals surface area contributed by atoms with E-state index in [2.05, 4.69) is 30.4 Å². The third kappa shape index (κ3) is 6.96. The fraction of sp³-hybridized carbons (Fsp3) is 0.400. The van der Waals surface area contributed by atoms with Crippen molar-refractivity contribution < 1.29 is 4.74 Å². The third-order valence-electron chi connectivity index (χ3n) is 3.74. The summed E-state index contributed by atoms with van der Waals surface area (Å²) < 4.78 is 5.84. The Hall–Kier alpha value is -1.67. The minimum Gasteiger partial charge on any atom is -0.494 e. The first-order valence-corrected chi connectivity index (χ1v) is 8.87. The Morgan fingerprint density at radius 3 is 2.61 bits per heavy atom. The van der Waals surface area contributed by atoms with Gasteiger partial charge in [0.2, 0.25) is 0 Å². The lowest BCUT2D eigenvalue weighted by atomic mass is 10.2. The average Bonchev–Trinajstić information content (AvgIpc) is 2.57. The second kappa shape index (κ2) is 10.2. The van der Waals surface area contributed by atoms with Crippen LogP contribution in [0.4, 0.5) is 5.69 Å². The van der Waals surface area contributed by atoms with Crippen LogP contribution in [0.5, 0.6) is 5.75 Å². The number of ether oxygens (including phenoxy) is 1. The molecule has 0 radical (unpaired) electrons. The topological polar surface area (TPSA) is 21.3 Å². The Labute approximate surface area is 144 Å². The molecule has 0 spiro atoms. The van der Waals surface area contributed by atoms with Gasteiger partial charge in [0.25, 0.3) is 0 Å². The summed E-state index contributed by atoms with van der Waals surface area (Å²) in [5, 5.41) is 4.18. The van der Waals surface area contributed by atoms with Crippen LogP contribution in [0.3, 0.4) is 0 Å². The predicted octanol–water partition coefficient (Wildman–Crippen LogP) is 6.30. The molecule has 0 amide bonds. The molecule has 0 aromatic heterocycles. The first kappa shape index (κ1) is 17.7. The van der Waals surface area contributed by atoms with Crippen LogP contribution in [-0.4, -0.2) is 6.61 Å². The van der Waals surface area contributed by atoms with E-state index < -0.39 is 0 Å². The fourth-order valence-corrected chi connectivity index (χ4v) is 2.66. The molecular weight excluding hydrogens is 306 g/mol. The van der Waals surface area contributed by atoms with Gasteiger partial charge in [-0.2, -0.15) is 0 Å². The smallest absolute Gasteiger partial charge is 0.121 e. The van der Waals surface area contributed by atoms with E-state index in [0.717, 1.165) is 36.0 Å². The van der Waals surface area contributed by atoms with E-state index in [1.807, 2.05) is 30.3 Å². The van der Waals surface area contributed by atoms with Gasteiger partial charge in [0, 0.05) is 23.3 Å². The Kier molecular flexibility index (Phi) is 7.82. The molecule has 0 atom stereocenters. The van der Waals surface area contributed by atoms with Crippen molar-refractivity contribution in [3.05, 3.63) is 59.1 Å². The van der Waals surface area contributed by atoms with Gasteiger partial charge in [0.1, 0.15) is 5.75 Å². The summed E-state index contributed by atoms with van der Waals surface area (Å²) in [7, 11) is 0. The molecule has 0 heterocycles. The minimum atomic E-state index is 0.751. The molecule has 2 aromatic rings. The van der Waals surface area contributed by atoms with Crippen molar-refractivity contribution in [1.82, 2.24) is 0 Å². The van der Waals surface area contributed by atoms with E-state index in [9.17, 15) is 0 Å². The van der Waals surface area contributed by atoms with E-state index in [0.29, 0.717) is 0 Å². The molecule has 23 heavy (non-hydrogen) atoms. The van der Waals surface area contributed by atoms with Crippen molar-refractivity contribution in [3.63, 3.8) is 0 Å². The van der Waals surface area contributed by atoms with Crippen molar-refractivity contribution in [3.8, 4) is 5.75 Å². The van der Waals surface area contributed by atoms with Crippen LogP contribution < -0.4 is 10.1 Å². The average molecular weight is 332 g/mol. The second-order valence-electron chi connectivity index (χ2n) is 5.77. The molecule has 0 unspecified atom stereocenters. The summed E-state index contributed by atoms with van der Waals surface area (Å²) in [6.45, 7) is 3.78. The number of anilines is 1. The van der Waals surface area contributed by atoms with E-state index >= 15 is 0 Å². The lowest BCUT2D eigenvalue weighted by Gasteiger charge is -2.10. The first-order valence-electron chi connectivity index (χ1n) is 8.49. The van der Waals surface area contributed by atoms with E-state index in [-0.39, 0.29) is 0 Å².